The van der Waals surface area contributed by atoms with Crippen LogP contribution in [-0.2, 0) is 4.74 Å². The lowest BCUT2D eigenvalue weighted by Crippen LogP contribution is -2.13. The number of hydrogen-bond acceptors (Lipinski definition) is 3. The van der Waals surface area contributed by atoms with E-state index in [-0.39, 0.29) is 6.61 Å². The van der Waals surface area contributed by atoms with Gasteiger partial charge in [0.05, 0.1) is 18.8 Å². The van der Waals surface area contributed by atoms with Crippen molar-refractivity contribution in [1.82, 2.24) is 5.32 Å². The van der Waals surface area contributed by atoms with E-state index in [4.69, 9.17) is 9.84 Å². The summed E-state index contributed by atoms with van der Waals surface area (Å²) in [6.07, 6.45) is 9.41. The first kappa shape index (κ1) is 9.90. The van der Waals surface area contributed by atoms with Crippen LogP contribution in [0.3, 0.4) is 0 Å². The van der Waals surface area contributed by atoms with E-state index in [1.54, 1.807) is 0 Å². The summed E-state index contributed by atoms with van der Waals surface area (Å²) in [6, 6.07) is 0. The van der Waals surface area contributed by atoms with Crippen LogP contribution in [0, 0.1) is 0 Å². The second kappa shape index (κ2) is 4.73. The molecule has 0 aromatic carbocycles. The average molecular weight is 195 g/mol. The lowest BCUT2D eigenvalue weighted by Gasteiger charge is -2.02. The molecule has 3 rings (SSSR count). The van der Waals surface area contributed by atoms with Crippen molar-refractivity contribution in [2.24, 2.45) is 0 Å². The molecule has 3 nitrogen and oxygen atoms in total. The first-order chi connectivity index (χ1) is 6.90. The van der Waals surface area contributed by atoms with Crippen LogP contribution in [0.15, 0.2) is 23.8 Å². The van der Waals surface area contributed by atoms with Gasteiger partial charge in [-0.05, 0) is 18.4 Å². The Hall–Kier alpha value is -0.640. The van der Waals surface area contributed by atoms with Gasteiger partial charge < -0.3 is 15.2 Å². The molecule has 2 aliphatic heterocycles. The fraction of sp³-hybridized carbons (Fsp3) is 0.636. The van der Waals surface area contributed by atoms with E-state index < -0.39 is 0 Å². The van der Waals surface area contributed by atoms with Crippen molar-refractivity contribution in [2.75, 3.05) is 19.7 Å². The lowest BCUT2D eigenvalue weighted by molar-refractivity contribution is 0.326. The van der Waals surface area contributed by atoms with Crippen LogP contribution in [0.1, 0.15) is 12.8 Å². The van der Waals surface area contributed by atoms with Gasteiger partial charge in [-0.15, -0.1) is 0 Å². The van der Waals surface area contributed by atoms with Gasteiger partial charge in [0.2, 0.25) is 0 Å². The second-order valence-corrected chi connectivity index (χ2v) is 3.82. The number of morpholine rings is 1. The SMILES string of the molecule is C1NCC2OC12.OCC1=CC=CCC1. The molecule has 2 N–H and O–H groups in total. The number of ether oxygens (including phenoxy) is 1. The van der Waals surface area contributed by atoms with Crippen molar-refractivity contribution in [3.63, 3.8) is 0 Å². The highest BCUT2D eigenvalue weighted by Gasteiger charge is 2.42. The highest BCUT2D eigenvalue weighted by Crippen LogP contribution is 2.24. The van der Waals surface area contributed by atoms with Crippen LogP contribution < -0.4 is 5.32 Å². The van der Waals surface area contributed by atoms with Gasteiger partial charge in [0, 0.05) is 13.1 Å². The Labute approximate surface area is 84.5 Å². The third-order valence-electron chi connectivity index (χ3n) is 2.68. The minimum atomic E-state index is 0.227. The first-order valence-corrected chi connectivity index (χ1v) is 5.22. The van der Waals surface area contributed by atoms with Crippen LogP contribution in [0.2, 0.25) is 0 Å². The number of allylic oxidation sites excluding steroid dienone is 3. The van der Waals surface area contributed by atoms with Crippen LogP contribution in [0.4, 0.5) is 0 Å². The van der Waals surface area contributed by atoms with Crippen molar-refractivity contribution in [3.05, 3.63) is 23.8 Å². The highest BCUT2D eigenvalue weighted by atomic mass is 16.6. The Morgan fingerprint density at radius 2 is 2.21 bits per heavy atom. The van der Waals surface area contributed by atoms with Crippen LogP contribution in [0.25, 0.3) is 0 Å². The smallest absolute Gasteiger partial charge is 0.0979 e. The van der Waals surface area contributed by atoms with E-state index in [1.807, 2.05) is 12.2 Å². The lowest BCUT2D eigenvalue weighted by atomic mass is 10.1. The van der Waals surface area contributed by atoms with E-state index in [0.29, 0.717) is 12.2 Å². The molecule has 0 radical (unpaired) electrons. The quantitative estimate of drug-likeness (QED) is 0.603. The Bertz CT molecular complexity index is 240. The summed E-state index contributed by atoms with van der Waals surface area (Å²) >= 11 is 0. The third-order valence-corrected chi connectivity index (χ3v) is 2.68. The topological polar surface area (TPSA) is 44.8 Å². The molecular weight excluding hydrogens is 178 g/mol. The largest absolute Gasteiger partial charge is 0.392 e. The Morgan fingerprint density at radius 1 is 1.43 bits per heavy atom. The van der Waals surface area contributed by atoms with Gasteiger partial charge in [0.1, 0.15) is 0 Å². The molecule has 2 heterocycles. The fourth-order valence-electron chi connectivity index (χ4n) is 1.69. The molecule has 3 aliphatic rings. The molecule has 0 bridgehead atoms. The predicted octanol–water partition coefficient (Wildman–Crippen LogP) is 0.612. The van der Waals surface area contributed by atoms with Crippen LogP contribution in [-0.4, -0.2) is 37.0 Å². The van der Waals surface area contributed by atoms with Crippen LogP contribution >= 0.6 is 0 Å². The molecule has 14 heavy (non-hydrogen) atoms. The summed E-state index contributed by atoms with van der Waals surface area (Å²) in [5, 5.41) is 11.8. The van der Waals surface area contributed by atoms with E-state index >= 15 is 0 Å². The standard InChI is InChI=1S/C7H10O.C4H7NO/c8-6-7-4-2-1-3-5-7;1-3-4(6-3)2-5-1/h1-2,4,8H,3,5-6H2;3-5H,1-2H2. The minimum absolute atomic E-state index is 0.227. The van der Waals surface area contributed by atoms with Crippen molar-refractivity contribution < 1.29 is 9.84 Å². The van der Waals surface area contributed by atoms with Crippen molar-refractivity contribution >= 4 is 0 Å². The summed E-state index contributed by atoms with van der Waals surface area (Å²) in [7, 11) is 0. The van der Waals surface area contributed by atoms with Gasteiger partial charge in [-0.25, -0.2) is 0 Å². The first-order valence-electron chi connectivity index (χ1n) is 5.22. The molecule has 2 fully saturated rings. The number of hydrogen-bond donors (Lipinski definition) is 2. The monoisotopic (exact) mass is 195 g/mol. The molecule has 2 saturated heterocycles. The summed E-state index contributed by atoms with van der Waals surface area (Å²) in [4.78, 5) is 0. The number of epoxide rings is 1. The summed E-state index contributed by atoms with van der Waals surface area (Å²) < 4.78 is 5.09. The van der Waals surface area contributed by atoms with Crippen molar-refractivity contribution in [2.45, 2.75) is 25.0 Å². The molecule has 0 aromatic heterocycles. The number of nitrogens with one attached hydrogen (secondary N) is 1. The number of aliphatic hydroxyl groups excluding tert-OH is 1. The molecule has 0 saturated carbocycles. The number of aliphatic hydroxyl groups is 1. The Kier molecular flexibility index (Phi) is 3.35. The molecule has 2 atom stereocenters. The van der Waals surface area contributed by atoms with Gasteiger partial charge in [-0.3, -0.25) is 0 Å². The van der Waals surface area contributed by atoms with Crippen molar-refractivity contribution in [1.29, 1.82) is 0 Å². The van der Waals surface area contributed by atoms with Gasteiger partial charge in [-0.2, -0.15) is 0 Å². The predicted molar refractivity (Wildman–Crippen MR) is 55.1 cm³/mol. The number of rotatable bonds is 1. The molecular formula is C11H17NO2. The Morgan fingerprint density at radius 3 is 2.50 bits per heavy atom. The summed E-state index contributed by atoms with van der Waals surface area (Å²) in [6.45, 7) is 2.40. The zero-order valence-corrected chi connectivity index (χ0v) is 8.28. The van der Waals surface area contributed by atoms with E-state index in [1.165, 1.54) is 0 Å². The average Bonchev–Trinajstić information content (AvgIpc) is 2.88. The van der Waals surface area contributed by atoms with E-state index in [2.05, 4.69) is 11.4 Å². The molecule has 2 unspecified atom stereocenters. The minimum Gasteiger partial charge on any atom is -0.392 e. The fourth-order valence-corrected chi connectivity index (χ4v) is 1.69. The van der Waals surface area contributed by atoms with Gasteiger partial charge in [0.15, 0.2) is 0 Å². The maximum Gasteiger partial charge on any atom is 0.0979 e. The maximum absolute atomic E-state index is 8.59. The zero-order chi connectivity index (χ0) is 9.80. The molecule has 1 aliphatic carbocycles. The molecule has 3 heteroatoms. The second-order valence-electron chi connectivity index (χ2n) is 3.82. The summed E-state index contributed by atoms with van der Waals surface area (Å²) in [5.41, 5.74) is 1.15. The van der Waals surface area contributed by atoms with E-state index in [0.717, 1.165) is 31.5 Å². The zero-order valence-electron chi connectivity index (χ0n) is 8.28. The third kappa shape index (κ3) is 2.67. The molecule has 0 aromatic rings. The van der Waals surface area contributed by atoms with Crippen molar-refractivity contribution in [3.8, 4) is 0 Å². The normalized spacial score (nSPS) is 32.8. The summed E-state index contributed by atoms with van der Waals surface area (Å²) in [5.74, 6) is 0. The van der Waals surface area contributed by atoms with Gasteiger partial charge >= 0.3 is 0 Å². The molecule has 0 spiro atoms. The highest BCUT2D eigenvalue weighted by molar-refractivity contribution is 5.17. The van der Waals surface area contributed by atoms with Gasteiger partial charge in [-0.1, -0.05) is 18.2 Å². The number of fused-ring (bicyclic) bond motifs is 1. The molecule has 0 amide bonds. The van der Waals surface area contributed by atoms with E-state index in [9.17, 15) is 0 Å². The van der Waals surface area contributed by atoms with Crippen LogP contribution in [0.5, 0.6) is 0 Å². The molecule has 78 valence electrons. The Balaban J connectivity index is 0.000000110. The maximum atomic E-state index is 8.59. The van der Waals surface area contributed by atoms with Gasteiger partial charge in [0.25, 0.3) is 0 Å².